The molecule has 0 atom stereocenters. The molecule has 2 saturated heterocycles. The Hall–Kier alpha value is -8.05. The Labute approximate surface area is 480 Å². The van der Waals surface area contributed by atoms with Crippen LogP contribution in [0.3, 0.4) is 0 Å². The van der Waals surface area contributed by atoms with Crippen molar-refractivity contribution in [3.63, 3.8) is 0 Å². The van der Waals surface area contributed by atoms with E-state index in [1.807, 2.05) is 22.8 Å². The van der Waals surface area contributed by atoms with E-state index in [0.717, 1.165) is 48.1 Å². The van der Waals surface area contributed by atoms with E-state index in [9.17, 15) is 28.8 Å². The second kappa shape index (κ2) is 23.6. The molecule has 2 aromatic carbocycles. The number of carbonyl (C=O) groups excluding carboxylic acids is 4. The zero-order valence-corrected chi connectivity index (χ0v) is 47.3. The van der Waals surface area contributed by atoms with E-state index in [1.165, 1.54) is 21.4 Å². The number of nitrogens with one attached hydrogen (secondary N) is 3. The number of pyridine rings is 4. The number of rotatable bonds is 11. The predicted molar refractivity (Wildman–Crippen MR) is 306 cm³/mol. The highest BCUT2D eigenvalue weighted by Gasteiger charge is 2.39. The Bertz CT molecular complexity index is 3780. The van der Waals surface area contributed by atoms with Gasteiger partial charge < -0.3 is 39.8 Å². The zero-order valence-electron chi connectivity index (χ0n) is 45.0. The molecule has 22 nitrogen and oxygen atoms in total. The molecule has 4 amide bonds. The maximum absolute atomic E-state index is 13.7. The van der Waals surface area contributed by atoms with Gasteiger partial charge in [-0.15, -0.1) is 20.4 Å². The molecule has 25 heteroatoms. The molecule has 6 aromatic heterocycles. The number of hydrogen-bond acceptors (Lipinski definition) is 14. The lowest BCUT2D eigenvalue weighted by molar-refractivity contribution is -0.142. The first-order valence-corrected chi connectivity index (χ1v) is 27.4. The number of carbonyl (C=O) groups is 4. The summed E-state index contributed by atoms with van der Waals surface area (Å²) in [6, 6.07) is 20.6. The lowest BCUT2D eigenvalue weighted by Gasteiger charge is -2.45. The van der Waals surface area contributed by atoms with Gasteiger partial charge in [0.1, 0.15) is 54.0 Å². The Morgan fingerprint density at radius 2 is 1.09 bits per heavy atom. The molecular formula is C56H59Cl3N16O6. The molecule has 12 rings (SSSR count). The van der Waals surface area contributed by atoms with E-state index in [-0.39, 0.29) is 65.6 Å². The number of anilines is 1. The summed E-state index contributed by atoms with van der Waals surface area (Å²) in [5.41, 5.74) is 1.92. The van der Waals surface area contributed by atoms with Crippen molar-refractivity contribution in [3.8, 4) is 0 Å². The van der Waals surface area contributed by atoms with Crippen molar-refractivity contribution in [1.82, 2.24) is 74.4 Å². The molecule has 4 aliphatic rings. The summed E-state index contributed by atoms with van der Waals surface area (Å²) in [5, 5.41) is 27.3. The van der Waals surface area contributed by atoms with Crippen LogP contribution in [-0.4, -0.2) is 121 Å². The molecule has 0 aliphatic carbocycles. The van der Waals surface area contributed by atoms with E-state index in [4.69, 9.17) is 34.8 Å². The van der Waals surface area contributed by atoms with Crippen LogP contribution >= 0.6 is 34.8 Å². The van der Waals surface area contributed by atoms with Crippen LogP contribution < -0.4 is 32.0 Å². The third-order valence-corrected chi connectivity index (χ3v) is 15.2. The molecule has 0 bridgehead atoms. The highest BCUT2D eigenvalue weighted by molar-refractivity contribution is 6.35. The third kappa shape index (κ3) is 12.8. The van der Waals surface area contributed by atoms with Gasteiger partial charge in [0.15, 0.2) is 5.82 Å². The van der Waals surface area contributed by atoms with Crippen molar-refractivity contribution >= 4 is 86.2 Å². The van der Waals surface area contributed by atoms with Crippen molar-refractivity contribution in [2.75, 3.05) is 44.2 Å². The van der Waals surface area contributed by atoms with Gasteiger partial charge >= 0.3 is 0 Å². The highest BCUT2D eigenvalue weighted by Crippen LogP contribution is 2.32. The van der Waals surface area contributed by atoms with Gasteiger partial charge in [0, 0.05) is 104 Å². The fraction of sp³-hybridized carbons (Fsp3) is 0.357. The molecule has 0 spiro atoms. The van der Waals surface area contributed by atoms with Crippen LogP contribution in [0.1, 0.15) is 71.2 Å². The Balaban J connectivity index is 0.000000160. The first-order valence-electron chi connectivity index (χ1n) is 26.3. The normalized spacial score (nSPS) is 15.7. The largest absolute Gasteiger partial charge is 0.362 e. The molecule has 8 aromatic rings. The Morgan fingerprint density at radius 3 is 1.60 bits per heavy atom. The van der Waals surface area contributed by atoms with Crippen molar-refractivity contribution in [1.29, 1.82) is 0 Å². The van der Waals surface area contributed by atoms with Crippen LogP contribution in [-0.2, 0) is 61.9 Å². The second-order valence-electron chi connectivity index (χ2n) is 21.9. The topological polar surface area (TPSA) is 245 Å². The molecule has 4 aliphatic heterocycles. The minimum Gasteiger partial charge on any atom is -0.362 e. The summed E-state index contributed by atoms with van der Waals surface area (Å²) >= 11 is 18.2. The summed E-state index contributed by atoms with van der Waals surface area (Å²) in [4.78, 5) is 93.5. The minimum atomic E-state index is -0.589. The fourth-order valence-electron chi connectivity index (χ4n) is 10.2. The zero-order chi connectivity index (χ0) is 57.2. The van der Waals surface area contributed by atoms with E-state index < -0.39 is 22.9 Å². The standard InChI is InChI=1S/C28H29ClN8O3.C23H22Cl2N4O3.C5H8N4/c1-28(2)15-36(16-28)24(38)14-37-25-20(22(7-8-30-25)34-9-10-35-17-32-33-23(35)13-34)11-21(27(37)40)26(39)31-12-18-3-5-19(29)6-4-18;1-23(2)12-28(13-23)19(30)11-29-20-16(18(25)7-8-26-20)9-17(22(29)32)21(31)27-10-14-3-5-15(24)6-4-14;1-2-9-4-7-8-5(9)3-6-1/h3-8,11,17H,9-10,12-16H2,1-2H3,(H,31,39);3-9H,10-13H2,1-2H3,(H,27,31);4,6H,1-3H2. The van der Waals surface area contributed by atoms with Crippen LogP contribution in [0.15, 0.2) is 107 Å². The lowest BCUT2D eigenvalue weighted by Crippen LogP contribution is -2.56. The first-order chi connectivity index (χ1) is 38.8. The molecule has 0 unspecified atom stereocenters. The van der Waals surface area contributed by atoms with Crippen molar-refractivity contribution in [2.45, 2.75) is 80.1 Å². The van der Waals surface area contributed by atoms with Gasteiger partial charge in [0.25, 0.3) is 22.9 Å². The van der Waals surface area contributed by atoms with E-state index in [0.29, 0.717) is 77.3 Å². The summed E-state index contributed by atoms with van der Waals surface area (Å²) < 4.78 is 6.62. The summed E-state index contributed by atoms with van der Waals surface area (Å²) in [6.45, 7) is 15.6. The summed E-state index contributed by atoms with van der Waals surface area (Å²) in [7, 11) is 0. The van der Waals surface area contributed by atoms with Crippen LogP contribution in [0, 0.1) is 10.8 Å². The molecule has 0 saturated carbocycles. The van der Waals surface area contributed by atoms with Gasteiger partial charge in [0.05, 0.1) is 18.1 Å². The number of amides is 4. The predicted octanol–water partition coefficient (Wildman–Crippen LogP) is 5.34. The van der Waals surface area contributed by atoms with Crippen LogP contribution in [0.25, 0.3) is 22.1 Å². The van der Waals surface area contributed by atoms with E-state index >= 15 is 0 Å². The molecule has 2 fully saturated rings. The van der Waals surface area contributed by atoms with E-state index in [1.54, 1.807) is 77.2 Å². The number of likely N-dealkylation sites (tertiary alicyclic amines) is 2. The third-order valence-electron chi connectivity index (χ3n) is 14.4. The summed E-state index contributed by atoms with van der Waals surface area (Å²) in [6.07, 6.45) is 6.58. The fourth-order valence-corrected chi connectivity index (χ4v) is 10.7. The average molecular weight is 1160 g/mol. The van der Waals surface area contributed by atoms with Gasteiger partial charge in [-0.1, -0.05) is 86.8 Å². The SMILES string of the molecule is CC1(C)CN(C(=O)Cn2c(=O)c(C(=O)NCc3ccc(Cl)cc3)cc3c(Cl)ccnc32)C1.CC1(C)CN(C(=O)Cn2c(=O)c(C(=O)NCc3ccc(Cl)cc3)cc3c(N4CCn5cnnc5C4)ccnc32)C1.c1nnc2n1CCNC2. The van der Waals surface area contributed by atoms with Crippen LogP contribution in [0.2, 0.25) is 15.1 Å². The van der Waals surface area contributed by atoms with Gasteiger partial charge in [-0.3, -0.25) is 37.9 Å². The molecule has 0 radical (unpaired) electrons. The van der Waals surface area contributed by atoms with Gasteiger partial charge in [-0.25, -0.2) is 9.97 Å². The maximum Gasteiger partial charge on any atom is 0.265 e. The monoisotopic (exact) mass is 1160 g/mol. The quantitative estimate of drug-likeness (QED) is 0.148. The van der Waals surface area contributed by atoms with Gasteiger partial charge in [-0.05, 0) is 70.5 Å². The van der Waals surface area contributed by atoms with Crippen LogP contribution in [0.5, 0.6) is 0 Å². The van der Waals surface area contributed by atoms with E-state index in [2.05, 4.69) is 83.5 Å². The van der Waals surface area contributed by atoms with Gasteiger partial charge in [0.2, 0.25) is 11.8 Å². The Kier molecular flexibility index (Phi) is 16.4. The average Bonchev–Trinajstić information content (AvgIpc) is 4.18. The molecule has 10 heterocycles. The first kappa shape index (κ1) is 56.2. The highest BCUT2D eigenvalue weighted by atomic mass is 35.5. The Morgan fingerprint density at radius 1 is 0.605 bits per heavy atom. The second-order valence-corrected chi connectivity index (χ2v) is 23.2. The van der Waals surface area contributed by atoms with Crippen molar-refractivity contribution in [2.24, 2.45) is 10.8 Å². The number of fused-ring (bicyclic) bond motifs is 4. The number of aromatic nitrogens is 10. The lowest BCUT2D eigenvalue weighted by atomic mass is 9.84. The minimum absolute atomic E-state index is 0.0479. The molecule has 3 N–H and O–H groups in total. The molecule has 420 valence electrons. The molecular weight excluding hydrogens is 1100 g/mol. The summed E-state index contributed by atoms with van der Waals surface area (Å²) in [5.74, 6) is 0.398. The molecule has 81 heavy (non-hydrogen) atoms. The number of nitrogens with zero attached hydrogens (tertiary/aromatic N) is 13. The smallest absolute Gasteiger partial charge is 0.265 e. The van der Waals surface area contributed by atoms with Crippen molar-refractivity contribution in [3.05, 3.63) is 168 Å². The van der Waals surface area contributed by atoms with Crippen LogP contribution in [0.4, 0.5) is 5.69 Å². The number of benzene rings is 2. The van der Waals surface area contributed by atoms with Gasteiger partial charge in [-0.2, -0.15) is 0 Å². The maximum atomic E-state index is 13.7. The number of hydrogen-bond donors (Lipinski definition) is 3. The van der Waals surface area contributed by atoms with Crippen molar-refractivity contribution < 1.29 is 19.2 Å². The number of halogens is 3.